The van der Waals surface area contributed by atoms with Crippen LogP contribution in [0.3, 0.4) is 0 Å². The van der Waals surface area contributed by atoms with E-state index in [1.165, 1.54) is 18.2 Å². The van der Waals surface area contributed by atoms with E-state index in [0.717, 1.165) is 47.9 Å². The monoisotopic (exact) mass is 423 g/mol. The molecule has 0 amide bonds. The molecule has 1 aromatic heterocycles. The van der Waals surface area contributed by atoms with Crippen molar-refractivity contribution in [2.45, 2.75) is 37.6 Å². The third-order valence-electron chi connectivity index (χ3n) is 6.81. The van der Waals surface area contributed by atoms with E-state index in [1.54, 1.807) is 24.3 Å². The molecule has 31 heavy (non-hydrogen) atoms. The second kappa shape index (κ2) is 8.09. The van der Waals surface area contributed by atoms with Gasteiger partial charge in [-0.15, -0.1) is 0 Å². The highest BCUT2D eigenvalue weighted by atomic mass is 19.1. The van der Waals surface area contributed by atoms with Crippen LogP contribution in [-0.4, -0.2) is 34.6 Å². The first-order valence-corrected chi connectivity index (χ1v) is 10.9. The Morgan fingerprint density at radius 1 is 1.03 bits per heavy atom. The minimum Gasteiger partial charge on any atom is -0.508 e. The van der Waals surface area contributed by atoms with Crippen molar-refractivity contribution >= 4 is 10.8 Å². The first-order valence-electron chi connectivity index (χ1n) is 10.9. The number of phenolic OH excluding ortho intramolecular Hbond substituents is 1. The molecule has 0 unspecified atom stereocenters. The smallest absolute Gasteiger partial charge is 0.259 e. The molecule has 0 radical (unpaired) electrons. The lowest BCUT2D eigenvalue weighted by atomic mass is 9.78. The summed E-state index contributed by atoms with van der Waals surface area (Å²) in [5.41, 5.74) is 2.64. The van der Waals surface area contributed by atoms with E-state index in [0.29, 0.717) is 18.6 Å². The Hall–Kier alpha value is -2.70. The number of hydrogen-bond acceptors (Lipinski definition) is 4. The van der Waals surface area contributed by atoms with Crippen molar-refractivity contribution in [3.05, 3.63) is 64.3 Å². The molecular formula is C25H26FNO4. The zero-order chi connectivity index (χ0) is 21.5. The van der Waals surface area contributed by atoms with E-state index in [-0.39, 0.29) is 41.6 Å². The topological polar surface area (TPSA) is 71.7 Å². The second-order valence-electron chi connectivity index (χ2n) is 8.73. The highest BCUT2D eigenvalue weighted by molar-refractivity contribution is 5.98. The number of benzene rings is 2. The third kappa shape index (κ3) is 3.54. The number of aliphatic hydroxyl groups excluding tert-OH is 1. The van der Waals surface area contributed by atoms with E-state index < -0.39 is 0 Å². The van der Waals surface area contributed by atoms with Crippen LogP contribution in [0.4, 0.5) is 4.39 Å². The fraction of sp³-hybridized carbons (Fsp3) is 0.400. The summed E-state index contributed by atoms with van der Waals surface area (Å²) < 4.78 is 21.2. The van der Waals surface area contributed by atoms with E-state index in [9.17, 15) is 19.4 Å². The van der Waals surface area contributed by atoms with Gasteiger partial charge in [0.25, 0.3) is 5.56 Å². The Morgan fingerprint density at radius 2 is 1.74 bits per heavy atom. The molecule has 6 heteroatoms. The summed E-state index contributed by atoms with van der Waals surface area (Å²) in [5, 5.41) is 20.9. The molecule has 1 saturated heterocycles. The Kier molecular flexibility index (Phi) is 5.28. The molecule has 2 N–H and O–H groups in total. The molecule has 1 aliphatic carbocycles. The average Bonchev–Trinajstić information content (AvgIpc) is 2.76. The number of hydrogen-bond donors (Lipinski definition) is 2. The number of pyridine rings is 1. The maximum Gasteiger partial charge on any atom is 0.259 e. The molecule has 2 heterocycles. The minimum atomic E-state index is -0.309. The lowest BCUT2D eigenvalue weighted by molar-refractivity contribution is 0.0785. The number of phenols is 1. The Labute approximate surface area is 179 Å². The number of rotatable bonds is 4. The van der Waals surface area contributed by atoms with Crippen molar-refractivity contribution in [1.29, 1.82) is 0 Å². The number of aromatic nitrogens is 1. The van der Waals surface area contributed by atoms with Crippen molar-refractivity contribution in [3.63, 3.8) is 0 Å². The zero-order valence-electron chi connectivity index (χ0n) is 17.3. The van der Waals surface area contributed by atoms with Crippen LogP contribution in [0.5, 0.6) is 5.75 Å². The highest BCUT2D eigenvalue weighted by Gasteiger charge is 2.35. The number of fused-ring (bicyclic) bond motifs is 1. The molecule has 2 aromatic carbocycles. The maximum atomic E-state index is 13.7. The maximum absolute atomic E-state index is 13.7. The molecule has 5 rings (SSSR count). The van der Waals surface area contributed by atoms with Gasteiger partial charge >= 0.3 is 0 Å². The van der Waals surface area contributed by atoms with Crippen molar-refractivity contribution in [2.75, 3.05) is 19.8 Å². The molecular weight excluding hydrogens is 397 g/mol. The van der Waals surface area contributed by atoms with E-state index in [1.807, 2.05) is 4.57 Å². The Balaban J connectivity index is 1.83. The van der Waals surface area contributed by atoms with Crippen LogP contribution in [0.2, 0.25) is 0 Å². The molecule has 2 aliphatic rings. The van der Waals surface area contributed by atoms with Crippen LogP contribution in [0.25, 0.3) is 21.9 Å². The van der Waals surface area contributed by atoms with Gasteiger partial charge in [0.1, 0.15) is 11.6 Å². The largest absolute Gasteiger partial charge is 0.508 e. The fourth-order valence-electron chi connectivity index (χ4n) is 5.14. The summed E-state index contributed by atoms with van der Waals surface area (Å²) in [6.45, 7) is 1.40. The van der Waals surface area contributed by atoms with Crippen molar-refractivity contribution in [1.82, 2.24) is 4.57 Å². The Bertz CT molecular complexity index is 1160. The summed E-state index contributed by atoms with van der Waals surface area (Å²) in [6, 6.07) is 11.3. The predicted molar refractivity (Wildman–Crippen MR) is 117 cm³/mol. The SMILES string of the molecule is O=c1c2cc(O)ccc2c(-c2ccc(F)cc2)c(C2CCOCC2)n1C1CC(CO)C1. The molecule has 2 fully saturated rings. The van der Waals surface area contributed by atoms with Gasteiger partial charge in [0.15, 0.2) is 0 Å². The molecule has 1 aliphatic heterocycles. The van der Waals surface area contributed by atoms with Crippen LogP contribution >= 0.6 is 0 Å². The van der Waals surface area contributed by atoms with Gasteiger partial charge in [0, 0.05) is 43.0 Å². The summed E-state index contributed by atoms with van der Waals surface area (Å²) in [4.78, 5) is 13.7. The van der Waals surface area contributed by atoms with Gasteiger partial charge in [-0.3, -0.25) is 4.79 Å². The van der Waals surface area contributed by atoms with Crippen LogP contribution in [0.1, 0.15) is 43.3 Å². The van der Waals surface area contributed by atoms with Crippen molar-refractivity contribution in [2.24, 2.45) is 5.92 Å². The van der Waals surface area contributed by atoms with Gasteiger partial charge in [-0.1, -0.05) is 12.1 Å². The minimum absolute atomic E-state index is 0.00782. The fourth-order valence-corrected chi connectivity index (χ4v) is 5.14. The zero-order valence-corrected chi connectivity index (χ0v) is 17.3. The summed E-state index contributed by atoms with van der Waals surface area (Å²) in [7, 11) is 0. The number of nitrogens with zero attached hydrogens (tertiary/aromatic N) is 1. The molecule has 5 nitrogen and oxygen atoms in total. The van der Waals surface area contributed by atoms with Gasteiger partial charge in [-0.05, 0) is 72.9 Å². The number of aliphatic hydroxyl groups is 1. The third-order valence-corrected chi connectivity index (χ3v) is 6.81. The number of ether oxygens (including phenoxy) is 1. The lowest BCUT2D eigenvalue weighted by Gasteiger charge is -2.39. The summed E-state index contributed by atoms with van der Waals surface area (Å²) in [6.07, 6.45) is 3.13. The normalized spacial score (nSPS) is 21.9. The first kappa shape index (κ1) is 20.2. The van der Waals surface area contributed by atoms with Gasteiger partial charge in [-0.2, -0.15) is 0 Å². The second-order valence-corrected chi connectivity index (χ2v) is 8.73. The molecule has 162 valence electrons. The molecule has 0 spiro atoms. The highest BCUT2D eigenvalue weighted by Crippen LogP contribution is 2.44. The van der Waals surface area contributed by atoms with Crippen LogP contribution in [0.15, 0.2) is 47.3 Å². The van der Waals surface area contributed by atoms with E-state index in [2.05, 4.69) is 0 Å². The molecule has 0 atom stereocenters. The average molecular weight is 423 g/mol. The van der Waals surface area contributed by atoms with Gasteiger partial charge in [-0.25, -0.2) is 4.39 Å². The standard InChI is InChI=1S/C25H26FNO4/c26-18-3-1-16(2-4-18)23-21-6-5-20(29)13-22(21)25(30)27(19-11-15(12-19)14-28)24(23)17-7-9-31-10-8-17/h1-6,13,15,17,19,28-29H,7-12,14H2. The first-order chi connectivity index (χ1) is 15.1. The van der Waals surface area contributed by atoms with Crippen LogP contribution in [0, 0.1) is 11.7 Å². The van der Waals surface area contributed by atoms with E-state index >= 15 is 0 Å². The van der Waals surface area contributed by atoms with Gasteiger partial charge in [0.05, 0.1) is 5.39 Å². The molecule has 3 aromatic rings. The van der Waals surface area contributed by atoms with Crippen LogP contribution in [-0.2, 0) is 4.74 Å². The lowest BCUT2D eigenvalue weighted by Crippen LogP contribution is -2.38. The number of halogens is 1. The van der Waals surface area contributed by atoms with Crippen LogP contribution < -0.4 is 5.56 Å². The van der Waals surface area contributed by atoms with E-state index in [4.69, 9.17) is 4.74 Å². The van der Waals surface area contributed by atoms with Crippen molar-refractivity contribution < 1.29 is 19.3 Å². The predicted octanol–water partition coefficient (Wildman–Crippen LogP) is 4.35. The molecule has 0 bridgehead atoms. The van der Waals surface area contributed by atoms with Gasteiger partial charge < -0.3 is 19.5 Å². The van der Waals surface area contributed by atoms with Crippen molar-refractivity contribution in [3.8, 4) is 16.9 Å². The van der Waals surface area contributed by atoms with Gasteiger partial charge in [0.2, 0.25) is 0 Å². The molecule has 1 saturated carbocycles. The summed E-state index contributed by atoms with van der Waals surface area (Å²) in [5.74, 6) is 0.0831. The number of aromatic hydroxyl groups is 1. The Morgan fingerprint density at radius 3 is 2.42 bits per heavy atom. The quantitative estimate of drug-likeness (QED) is 0.655. The summed E-state index contributed by atoms with van der Waals surface area (Å²) >= 11 is 0.